The highest BCUT2D eigenvalue weighted by molar-refractivity contribution is 7.99. The largest absolute Gasteiger partial charge is 0.392 e. The van der Waals surface area contributed by atoms with E-state index in [0.717, 1.165) is 21.7 Å². The van der Waals surface area contributed by atoms with Crippen molar-refractivity contribution in [2.75, 3.05) is 5.75 Å². The Hall–Kier alpha value is -0.0600. The Labute approximate surface area is 112 Å². The maximum absolute atomic E-state index is 9.99. The summed E-state index contributed by atoms with van der Waals surface area (Å²) >= 11 is 3.62. The summed E-state index contributed by atoms with van der Waals surface area (Å²) in [5.74, 6) is 0.862. The number of nitrogens with zero attached hydrogens (tertiary/aromatic N) is 1. The van der Waals surface area contributed by atoms with Crippen LogP contribution in [0.5, 0.6) is 0 Å². The smallest absolute Gasteiger partial charge is 0.0897 e. The molecule has 0 aliphatic heterocycles. The van der Waals surface area contributed by atoms with E-state index in [4.69, 9.17) is 0 Å². The molecular formula is C13H21NOS2. The number of rotatable bonds is 5. The van der Waals surface area contributed by atoms with Gasteiger partial charge in [0.2, 0.25) is 0 Å². The summed E-state index contributed by atoms with van der Waals surface area (Å²) in [4.78, 5) is 4.39. The molecular weight excluding hydrogens is 250 g/mol. The minimum absolute atomic E-state index is 0.233. The number of hydrogen-bond acceptors (Lipinski definition) is 4. The van der Waals surface area contributed by atoms with Crippen molar-refractivity contribution in [2.24, 2.45) is 0 Å². The van der Waals surface area contributed by atoms with Crippen molar-refractivity contribution in [3.8, 4) is 0 Å². The van der Waals surface area contributed by atoms with Gasteiger partial charge in [0, 0.05) is 22.8 Å². The highest BCUT2D eigenvalue weighted by atomic mass is 32.2. The number of aryl methyl sites for hydroxylation is 1. The average Bonchev–Trinajstić information content (AvgIpc) is 2.73. The summed E-state index contributed by atoms with van der Waals surface area (Å²) in [6.45, 7) is 2.01. The van der Waals surface area contributed by atoms with Gasteiger partial charge in [0.25, 0.3) is 0 Å². The molecule has 17 heavy (non-hydrogen) atoms. The minimum Gasteiger partial charge on any atom is -0.392 e. The Bertz CT molecular complexity index is 334. The molecule has 0 aromatic carbocycles. The first-order valence-corrected chi connectivity index (χ1v) is 8.37. The highest BCUT2D eigenvalue weighted by Gasteiger charge is 2.16. The Balaban J connectivity index is 1.68. The van der Waals surface area contributed by atoms with E-state index in [1.54, 1.807) is 11.3 Å². The third-order valence-corrected chi connectivity index (χ3v) is 5.53. The van der Waals surface area contributed by atoms with Crippen LogP contribution in [0.1, 0.15) is 42.8 Å². The molecule has 1 aliphatic rings. The summed E-state index contributed by atoms with van der Waals surface area (Å²) in [5, 5.41) is 13.9. The molecule has 1 heterocycles. The Kier molecular flexibility index (Phi) is 5.32. The predicted molar refractivity (Wildman–Crippen MR) is 75.9 cm³/mol. The lowest BCUT2D eigenvalue weighted by atomic mass is 10.0. The molecule has 2 nitrogen and oxygen atoms in total. The van der Waals surface area contributed by atoms with Crippen LogP contribution in [-0.4, -0.2) is 27.2 Å². The van der Waals surface area contributed by atoms with Gasteiger partial charge in [-0.1, -0.05) is 19.3 Å². The van der Waals surface area contributed by atoms with Crippen LogP contribution in [-0.2, 0) is 6.42 Å². The molecule has 1 aromatic heterocycles. The van der Waals surface area contributed by atoms with E-state index in [1.165, 1.54) is 32.1 Å². The fourth-order valence-electron chi connectivity index (χ4n) is 2.28. The van der Waals surface area contributed by atoms with Gasteiger partial charge in [0.15, 0.2) is 0 Å². The number of aliphatic hydroxyl groups is 1. The zero-order chi connectivity index (χ0) is 12.1. The van der Waals surface area contributed by atoms with Gasteiger partial charge in [-0.05, 0) is 19.8 Å². The Morgan fingerprint density at radius 2 is 2.24 bits per heavy atom. The van der Waals surface area contributed by atoms with E-state index in [-0.39, 0.29) is 6.10 Å². The predicted octanol–water partition coefficient (Wildman–Crippen LogP) is 3.42. The topological polar surface area (TPSA) is 33.1 Å². The van der Waals surface area contributed by atoms with Crippen molar-refractivity contribution >= 4 is 23.1 Å². The number of thioether (sulfide) groups is 1. The molecule has 0 radical (unpaired) electrons. The van der Waals surface area contributed by atoms with Crippen LogP contribution in [0.2, 0.25) is 0 Å². The van der Waals surface area contributed by atoms with Crippen LogP contribution in [0.15, 0.2) is 5.38 Å². The van der Waals surface area contributed by atoms with Crippen molar-refractivity contribution in [1.82, 2.24) is 4.98 Å². The second kappa shape index (κ2) is 6.76. The molecule has 4 heteroatoms. The van der Waals surface area contributed by atoms with Gasteiger partial charge in [0.05, 0.1) is 16.8 Å². The van der Waals surface area contributed by atoms with Crippen molar-refractivity contribution < 1.29 is 5.11 Å². The SMILES string of the molecule is Cc1nc(CC(O)CSC2CCCCC2)cs1. The molecule has 1 fully saturated rings. The maximum Gasteiger partial charge on any atom is 0.0897 e. The van der Waals surface area contributed by atoms with E-state index in [9.17, 15) is 5.11 Å². The van der Waals surface area contributed by atoms with E-state index in [1.807, 2.05) is 18.7 Å². The van der Waals surface area contributed by atoms with Crippen LogP contribution in [0.4, 0.5) is 0 Å². The lowest BCUT2D eigenvalue weighted by Crippen LogP contribution is -2.17. The van der Waals surface area contributed by atoms with Gasteiger partial charge in [-0.15, -0.1) is 11.3 Å². The van der Waals surface area contributed by atoms with Crippen LogP contribution in [0.25, 0.3) is 0 Å². The van der Waals surface area contributed by atoms with Gasteiger partial charge in [0.1, 0.15) is 0 Å². The monoisotopic (exact) mass is 271 g/mol. The molecule has 1 aromatic rings. The number of thiazole rings is 1. The van der Waals surface area contributed by atoms with E-state index in [2.05, 4.69) is 10.4 Å². The fourth-order valence-corrected chi connectivity index (χ4v) is 4.19. The quantitative estimate of drug-likeness (QED) is 0.891. The lowest BCUT2D eigenvalue weighted by molar-refractivity contribution is 0.199. The van der Waals surface area contributed by atoms with Gasteiger partial charge >= 0.3 is 0 Å². The minimum atomic E-state index is -0.233. The van der Waals surface area contributed by atoms with Gasteiger partial charge in [-0.25, -0.2) is 4.98 Å². The number of aromatic nitrogens is 1. The van der Waals surface area contributed by atoms with E-state index >= 15 is 0 Å². The second-order valence-corrected chi connectivity index (χ2v) is 7.20. The third kappa shape index (κ3) is 4.60. The summed E-state index contributed by atoms with van der Waals surface area (Å²) in [6, 6.07) is 0. The Morgan fingerprint density at radius 1 is 1.47 bits per heavy atom. The molecule has 96 valence electrons. The van der Waals surface area contributed by atoms with Crippen molar-refractivity contribution in [3.05, 3.63) is 16.1 Å². The summed E-state index contributed by atoms with van der Waals surface area (Å²) < 4.78 is 0. The standard InChI is InChI=1S/C13H21NOS2/c1-10-14-11(8-16-10)7-12(15)9-17-13-5-3-2-4-6-13/h8,12-13,15H,2-7,9H2,1H3. The summed E-state index contributed by atoms with van der Waals surface area (Å²) in [6.07, 6.45) is 7.31. The van der Waals surface area contributed by atoms with Crippen molar-refractivity contribution in [2.45, 2.75) is 56.8 Å². The first-order chi connectivity index (χ1) is 8.24. The maximum atomic E-state index is 9.99. The van der Waals surface area contributed by atoms with Crippen molar-refractivity contribution in [1.29, 1.82) is 0 Å². The molecule has 2 rings (SSSR count). The van der Waals surface area contributed by atoms with Crippen LogP contribution < -0.4 is 0 Å². The fraction of sp³-hybridized carbons (Fsp3) is 0.769. The number of hydrogen-bond donors (Lipinski definition) is 1. The summed E-state index contributed by atoms with van der Waals surface area (Å²) in [7, 11) is 0. The first kappa shape index (κ1) is 13.4. The van der Waals surface area contributed by atoms with E-state index in [0.29, 0.717) is 6.42 Å². The molecule has 0 bridgehead atoms. The lowest BCUT2D eigenvalue weighted by Gasteiger charge is -2.22. The van der Waals surface area contributed by atoms with Gasteiger partial charge < -0.3 is 5.11 Å². The van der Waals surface area contributed by atoms with Crippen molar-refractivity contribution in [3.63, 3.8) is 0 Å². The first-order valence-electron chi connectivity index (χ1n) is 6.44. The molecule has 0 amide bonds. The third-order valence-electron chi connectivity index (χ3n) is 3.19. The summed E-state index contributed by atoms with van der Waals surface area (Å²) in [5.41, 5.74) is 1.05. The second-order valence-electron chi connectivity index (χ2n) is 4.81. The van der Waals surface area contributed by atoms with Gasteiger partial charge in [-0.2, -0.15) is 11.8 Å². The van der Waals surface area contributed by atoms with Crippen LogP contribution in [0, 0.1) is 6.92 Å². The highest BCUT2D eigenvalue weighted by Crippen LogP contribution is 2.28. The zero-order valence-corrected chi connectivity index (χ0v) is 12.0. The molecule has 0 spiro atoms. The van der Waals surface area contributed by atoms with E-state index < -0.39 is 0 Å². The zero-order valence-electron chi connectivity index (χ0n) is 10.4. The van der Waals surface area contributed by atoms with Gasteiger partial charge in [-0.3, -0.25) is 0 Å². The molecule has 1 unspecified atom stereocenters. The normalized spacial score (nSPS) is 19.4. The van der Waals surface area contributed by atoms with Crippen LogP contribution >= 0.6 is 23.1 Å². The molecule has 1 N–H and O–H groups in total. The molecule has 1 aliphatic carbocycles. The number of aliphatic hydroxyl groups excluding tert-OH is 1. The molecule has 1 atom stereocenters. The molecule has 0 saturated heterocycles. The molecule has 1 saturated carbocycles. The Morgan fingerprint density at radius 3 is 2.88 bits per heavy atom. The average molecular weight is 271 g/mol. The van der Waals surface area contributed by atoms with Crippen LogP contribution in [0.3, 0.4) is 0 Å².